The molecule has 6 heteroatoms. The summed E-state index contributed by atoms with van der Waals surface area (Å²) in [6, 6.07) is 0.354. The molecule has 0 radical (unpaired) electrons. The Bertz CT molecular complexity index is 703. The van der Waals surface area contributed by atoms with Gasteiger partial charge in [-0.05, 0) is 32.3 Å². The number of carbonyl (C=O) groups excluding carboxylic acids is 1. The lowest BCUT2D eigenvalue weighted by Gasteiger charge is -2.12. The third-order valence-electron chi connectivity index (χ3n) is 3.69. The van der Waals surface area contributed by atoms with Crippen LogP contribution in [0.15, 0.2) is 18.6 Å². The van der Waals surface area contributed by atoms with Gasteiger partial charge in [0.25, 0.3) is 0 Å². The number of carbonyl (C=O) groups is 1. The van der Waals surface area contributed by atoms with Crippen LogP contribution in [-0.4, -0.2) is 33.0 Å². The molecular formula is C16H20N4O2. The number of aromatic amines is 1. The molecule has 2 aromatic heterocycles. The monoisotopic (exact) mass is 300 g/mol. The van der Waals surface area contributed by atoms with E-state index in [2.05, 4.69) is 27.2 Å². The molecule has 1 atom stereocenters. The van der Waals surface area contributed by atoms with Crippen LogP contribution in [0.3, 0.4) is 0 Å². The van der Waals surface area contributed by atoms with E-state index in [0.717, 1.165) is 30.2 Å². The fourth-order valence-electron chi connectivity index (χ4n) is 2.09. The van der Waals surface area contributed by atoms with Crippen LogP contribution in [0, 0.1) is 0 Å². The Kier molecular flexibility index (Phi) is 4.09. The number of rotatable bonds is 6. The zero-order valence-electron chi connectivity index (χ0n) is 12.8. The molecule has 0 saturated heterocycles. The highest BCUT2D eigenvalue weighted by atomic mass is 16.5. The molecular weight excluding hydrogens is 280 g/mol. The molecule has 0 bridgehead atoms. The molecule has 1 aliphatic carbocycles. The number of hydrogen-bond donors (Lipinski definition) is 2. The zero-order chi connectivity index (χ0) is 15.5. The van der Waals surface area contributed by atoms with Crippen molar-refractivity contribution in [3.8, 4) is 5.88 Å². The van der Waals surface area contributed by atoms with E-state index in [1.54, 1.807) is 12.2 Å². The predicted molar refractivity (Wildman–Crippen MR) is 84.5 cm³/mol. The van der Waals surface area contributed by atoms with E-state index in [-0.39, 0.29) is 12.0 Å². The Hall–Kier alpha value is -2.37. The van der Waals surface area contributed by atoms with Crippen molar-refractivity contribution in [1.82, 2.24) is 20.3 Å². The smallest absolute Gasteiger partial charge is 0.244 e. The maximum absolute atomic E-state index is 11.8. The van der Waals surface area contributed by atoms with Crippen LogP contribution in [0.1, 0.15) is 38.7 Å². The molecule has 0 aromatic carbocycles. The number of ether oxygens (including phenoxy) is 1. The van der Waals surface area contributed by atoms with Crippen molar-refractivity contribution in [3.63, 3.8) is 0 Å². The number of H-pyrrole nitrogens is 1. The molecule has 2 aromatic rings. The fourth-order valence-corrected chi connectivity index (χ4v) is 2.09. The number of nitrogens with zero attached hydrogens (tertiary/aromatic N) is 2. The summed E-state index contributed by atoms with van der Waals surface area (Å²) < 4.78 is 5.85. The maximum atomic E-state index is 11.8. The summed E-state index contributed by atoms with van der Waals surface area (Å²) in [7, 11) is 0. The molecule has 0 aliphatic heterocycles. The average Bonchev–Trinajstić information content (AvgIpc) is 3.22. The second kappa shape index (κ2) is 6.17. The minimum absolute atomic E-state index is 0.0712. The molecule has 6 nitrogen and oxygen atoms in total. The van der Waals surface area contributed by atoms with Gasteiger partial charge in [-0.15, -0.1) is 0 Å². The third-order valence-corrected chi connectivity index (χ3v) is 3.69. The van der Waals surface area contributed by atoms with Crippen molar-refractivity contribution in [1.29, 1.82) is 0 Å². The van der Waals surface area contributed by atoms with Crippen molar-refractivity contribution in [2.24, 2.45) is 0 Å². The Morgan fingerprint density at radius 3 is 3.09 bits per heavy atom. The lowest BCUT2D eigenvalue weighted by molar-refractivity contribution is -0.116. The molecule has 2 N–H and O–H groups in total. The van der Waals surface area contributed by atoms with Gasteiger partial charge in [0.05, 0.1) is 11.5 Å². The van der Waals surface area contributed by atoms with Gasteiger partial charge in [0, 0.05) is 23.9 Å². The van der Waals surface area contributed by atoms with Crippen LogP contribution >= 0.6 is 0 Å². The van der Waals surface area contributed by atoms with E-state index in [1.807, 2.05) is 13.1 Å². The largest absolute Gasteiger partial charge is 0.474 e. The highest BCUT2D eigenvalue weighted by molar-refractivity contribution is 5.97. The van der Waals surface area contributed by atoms with Gasteiger partial charge in [-0.1, -0.05) is 6.92 Å². The second-order valence-corrected chi connectivity index (χ2v) is 5.60. The lowest BCUT2D eigenvalue weighted by atomic mass is 10.2. The van der Waals surface area contributed by atoms with E-state index in [4.69, 9.17) is 4.74 Å². The fraction of sp³-hybridized carbons (Fsp3) is 0.438. The Labute approximate surface area is 129 Å². The van der Waals surface area contributed by atoms with E-state index in [9.17, 15) is 4.79 Å². The van der Waals surface area contributed by atoms with Crippen molar-refractivity contribution < 1.29 is 9.53 Å². The molecule has 1 saturated carbocycles. The number of aromatic nitrogens is 3. The van der Waals surface area contributed by atoms with Crippen LogP contribution in [-0.2, 0) is 4.79 Å². The molecule has 1 unspecified atom stereocenters. The summed E-state index contributed by atoms with van der Waals surface area (Å²) >= 11 is 0. The molecule has 2 heterocycles. The van der Waals surface area contributed by atoms with Crippen LogP contribution in [0.2, 0.25) is 0 Å². The van der Waals surface area contributed by atoms with E-state index >= 15 is 0 Å². The minimum Gasteiger partial charge on any atom is -0.474 e. The molecule has 1 amide bonds. The number of nitrogens with one attached hydrogen (secondary N) is 2. The summed E-state index contributed by atoms with van der Waals surface area (Å²) in [5.74, 6) is 0.473. The molecule has 1 fully saturated rings. The van der Waals surface area contributed by atoms with Gasteiger partial charge in [-0.25, -0.2) is 9.97 Å². The molecule has 1 aliphatic rings. The summed E-state index contributed by atoms with van der Waals surface area (Å²) in [6.07, 6.45) is 9.71. The zero-order valence-corrected chi connectivity index (χ0v) is 12.8. The van der Waals surface area contributed by atoms with Crippen LogP contribution < -0.4 is 10.1 Å². The first-order valence-corrected chi connectivity index (χ1v) is 7.64. The van der Waals surface area contributed by atoms with E-state index in [1.165, 1.54) is 6.33 Å². The second-order valence-electron chi connectivity index (χ2n) is 5.60. The van der Waals surface area contributed by atoms with Gasteiger partial charge in [-0.3, -0.25) is 4.79 Å². The van der Waals surface area contributed by atoms with Crippen LogP contribution in [0.5, 0.6) is 5.88 Å². The van der Waals surface area contributed by atoms with Gasteiger partial charge >= 0.3 is 0 Å². The predicted octanol–water partition coefficient (Wildman–Crippen LogP) is 2.43. The molecule has 3 rings (SSSR count). The SMILES string of the molecule is CCC(C)Oc1ncnc2[nH]cc(C=CC(=O)NC3CC3)c12. The topological polar surface area (TPSA) is 79.9 Å². The van der Waals surface area contributed by atoms with E-state index in [0.29, 0.717) is 17.6 Å². The van der Waals surface area contributed by atoms with E-state index < -0.39 is 0 Å². The van der Waals surface area contributed by atoms with Gasteiger partial charge in [0.15, 0.2) is 0 Å². The van der Waals surface area contributed by atoms with Crippen LogP contribution in [0.25, 0.3) is 17.1 Å². The first-order valence-electron chi connectivity index (χ1n) is 7.64. The molecule has 22 heavy (non-hydrogen) atoms. The summed E-state index contributed by atoms with van der Waals surface area (Å²) in [5.41, 5.74) is 1.55. The number of fused-ring (bicyclic) bond motifs is 1. The summed E-state index contributed by atoms with van der Waals surface area (Å²) in [5, 5.41) is 3.73. The summed E-state index contributed by atoms with van der Waals surface area (Å²) in [6.45, 7) is 4.06. The van der Waals surface area contributed by atoms with Gasteiger partial charge in [0.2, 0.25) is 11.8 Å². The Morgan fingerprint density at radius 2 is 2.36 bits per heavy atom. The quantitative estimate of drug-likeness (QED) is 0.803. The van der Waals surface area contributed by atoms with Crippen LogP contribution in [0.4, 0.5) is 0 Å². The van der Waals surface area contributed by atoms with Crippen molar-refractivity contribution in [2.45, 2.75) is 45.3 Å². The molecule has 0 spiro atoms. The highest BCUT2D eigenvalue weighted by Gasteiger charge is 2.22. The number of hydrogen-bond acceptors (Lipinski definition) is 4. The maximum Gasteiger partial charge on any atom is 0.244 e. The van der Waals surface area contributed by atoms with Gasteiger partial charge in [0.1, 0.15) is 12.0 Å². The lowest BCUT2D eigenvalue weighted by Crippen LogP contribution is -2.22. The first kappa shape index (κ1) is 14.6. The standard InChI is InChI=1S/C16H20N4O2/c1-3-10(2)22-16-14-11(8-17-15(14)18-9-19-16)4-7-13(21)20-12-5-6-12/h4,7-10,12H,3,5-6H2,1-2H3,(H,20,21)(H,17,18,19). The normalized spacial score (nSPS) is 16.1. The third kappa shape index (κ3) is 3.27. The Morgan fingerprint density at radius 1 is 1.55 bits per heavy atom. The first-order chi connectivity index (χ1) is 10.7. The van der Waals surface area contributed by atoms with Gasteiger partial charge in [-0.2, -0.15) is 0 Å². The molecule has 116 valence electrons. The Balaban J connectivity index is 1.85. The van der Waals surface area contributed by atoms with Crippen molar-refractivity contribution in [2.75, 3.05) is 0 Å². The minimum atomic E-state index is -0.0712. The highest BCUT2D eigenvalue weighted by Crippen LogP contribution is 2.27. The number of amides is 1. The van der Waals surface area contributed by atoms with Crippen molar-refractivity contribution in [3.05, 3.63) is 24.2 Å². The average molecular weight is 300 g/mol. The summed E-state index contributed by atoms with van der Waals surface area (Å²) in [4.78, 5) is 23.3. The van der Waals surface area contributed by atoms with Gasteiger partial charge < -0.3 is 15.0 Å². The van der Waals surface area contributed by atoms with Crippen molar-refractivity contribution >= 4 is 23.0 Å².